The fourth-order valence-corrected chi connectivity index (χ4v) is 1.11. The van der Waals surface area contributed by atoms with E-state index >= 15 is 0 Å². The lowest BCUT2D eigenvalue weighted by molar-refractivity contribution is 0.512. The Morgan fingerprint density at radius 1 is 1.33 bits per heavy atom. The Labute approximate surface area is 72.6 Å². The van der Waals surface area contributed by atoms with Crippen LogP contribution in [0.5, 0.6) is 0 Å². The Hall–Kier alpha value is -1.05. The van der Waals surface area contributed by atoms with E-state index in [1.807, 2.05) is 26.0 Å². The number of hydrogen-bond donors (Lipinski definition) is 1. The van der Waals surface area contributed by atoms with Crippen LogP contribution in [-0.2, 0) is 0 Å². The third-order valence-electron chi connectivity index (χ3n) is 1.80. The van der Waals surface area contributed by atoms with Crippen molar-refractivity contribution in [2.75, 3.05) is 18.5 Å². The molecule has 0 amide bonds. The highest BCUT2D eigenvalue weighted by molar-refractivity contribution is 5.52. The molecule has 1 nitrogen and oxygen atoms in total. The minimum absolute atomic E-state index is 0.326. The van der Waals surface area contributed by atoms with Gasteiger partial charge in [0.2, 0.25) is 0 Å². The van der Waals surface area contributed by atoms with Gasteiger partial charge in [-0.2, -0.15) is 0 Å². The van der Waals surface area contributed by atoms with Crippen LogP contribution in [0.1, 0.15) is 11.1 Å². The highest BCUT2D eigenvalue weighted by Crippen LogP contribution is 2.15. The zero-order valence-electron chi connectivity index (χ0n) is 7.52. The van der Waals surface area contributed by atoms with Crippen LogP contribution in [-0.4, -0.2) is 13.2 Å². The van der Waals surface area contributed by atoms with Crippen molar-refractivity contribution < 1.29 is 4.39 Å². The molecular weight excluding hydrogens is 153 g/mol. The van der Waals surface area contributed by atoms with E-state index in [1.54, 1.807) is 0 Å². The molecule has 0 aromatic heterocycles. The largest absolute Gasteiger partial charge is 0.382 e. The number of rotatable bonds is 3. The molecule has 0 saturated heterocycles. The van der Waals surface area contributed by atoms with E-state index in [1.165, 1.54) is 5.56 Å². The first-order chi connectivity index (χ1) is 5.74. The summed E-state index contributed by atoms with van der Waals surface area (Å²) >= 11 is 0. The van der Waals surface area contributed by atoms with Gasteiger partial charge in [0.25, 0.3) is 0 Å². The maximum atomic E-state index is 11.8. The summed E-state index contributed by atoms with van der Waals surface area (Å²) in [5, 5.41) is 3.03. The molecule has 66 valence electrons. The van der Waals surface area contributed by atoms with Crippen molar-refractivity contribution in [1.29, 1.82) is 0 Å². The predicted octanol–water partition coefficient (Wildman–Crippen LogP) is 2.68. The molecule has 0 fully saturated rings. The van der Waals surface area contributed by atoms with Gasteiger partial charge in [-0.15, -0.1) is 0 Å². The SMILES string of the molecule is Cc1ccc(C)c(NCCF)c1. The number of alkyl halides is 1. The summed E-state index contributed by atoms with van der Waals surface area (Å²) in [4.78, 5) is 0. The van der Waals surface area contributed by atoms with E-state index in [0.717, 1.165) is 11.3 Å². The van der Waals surface area contributed by atoms with Crippen LogP contribution in [0, 0.1) is 13.8 Å². The Bertz CT molecular complexity index is 258. The van der Waals surface area contributed by atoms with Crippen molar-refractivity contribution in [3.8, 4) is 0 Å². The molecule has 2 heteroatoms. The molecule has 0 heterocycles. The second kappa shape index (κ2) is 4.10. The standard InChI is InChI=1S/C10H14FN/c1-8-3-4-9(2)10(7-8)12-6-5-11/h3-4,7,12H,5-6H2,1-2H3. The van der Waals surface area contributed by atoms with Gasteiger partial charge in [-0.25, -0.2) is 4.39 Å². The third kappa shape index (κ3) is 2.22. The first kappa shape index (κ1) is 9.04. The van der Waals surface area contributed by atoms with Gasteiger partial charge in [0.1, 0.15) is 6.67 Å². The van der Waals surface area contributed by atoms with Crippen LogP contribution in [0.25, 0.3) is 0 Å². The highest BCUT2D eigenvalue weighted by atomic mass is 19.1. The highest BCUT2D eigenvalue weighted by Gasteiger charge is 1.96. The molecule has 0 radical (unpaired) electrons. The predicted molar refractivity (Wildman–Crippen MR) is 50.4 cm³/mol. The van der Waals surface area contributed by atoms with Gasteiger partial charge >= 0.3 is 0 Å². The second-order valence-electron chi connectivity index (χ2n) is 2.93. The van der Waals surface area contributed by atoms with E-state index < -0.39 is 0 Å². The molecule has 1 aromatic carbocycles. The van der Waals surface area contributed by atoms with Gasteiger partial charge in [-0.3, -0.25) is 0 Å². The smallest absolute Gasteiger partial charge is 0.107 e. The first-order valence-corrected chi connectivity index (χ1v) is 4.11. The molecular formula is C10H14FN. The first-order valence-electron chi connectivity index (χ1n) is 4.11. The summed E-state index contributed by atoms with van der Waals surface area (Å²) in [5.41, 5.74) is 3.39. The molecule has 0 aliphatic heterocycles. The van der Waals surface area contributed by atoms with Crippen LogP contribution in [0.15, 0.2) is 18.2 Å². The molecule has 1 rings (SSSR count). The third-order valence-corrected chi connectivity index (χ3v) is 1.80. The molecule has 12 heavy (non-hydrogen) atoms. The molecule has 0 atom stereocenters. The minimum Gasteiger partial charge on any atom is -0.382 e. The number of nitrogens with one attached hydrogen (secondary N) is 1. The number of halogens is 1. The molecule has 0 aliphatic rings. The van der Waals surface area contributed by atoms with Crippen molar-refractivity contribution in [2.45, 2.75) is 13.8 Å². The quantitative estimate of drug-likeness (QED) is 0.729. The van der Waals surface area contributed by atoms with Crippen LogP contribution in [0.4, 0.5) is 10.1 Å². The topological polar surface area (TPSA) is 12.0 Å². The Balaban J connectivity index is 2.75. The summed E-state index contributed by atoms with van der Waals surface area (Å²) in [5.74, 6) is 0. The normalized spacial score (nSPS) is 9.92. The number of hydrogen-bond acceptors (Lipinski definition) is 1. The summed E-state index contributed by atoms with van der Waals surface area (Å²) in [7, 11) is 0. The van der Waals surface area contributed by atoms with Gasteiger partial charge in [-0.1, -0.05) is 12.1 Å². The lowest BCUT2D eigenvalue weighted by atomic mass is 10.1. The van der Waals surface area contributed by atoms with E-state index in [-0.39, 0.29) is 6.67 Å². The summed E-state index contributed by atoms with van der Waals surface area (Å²) in [6.45, 7) is 4.11. The van der Waals surface area contributed by atoms with Gasteiger partial charge in [0.05, 0.1) is 0 Å². The molecule has 0 saturated carbocycles. The molecule has 0 bridgehead atoms. The average molecular weight is 167 g/mol. The fourth-order valence-electron chi connectivity index (χ4n) is 1.11. The second-order valence-corrected chi connectivity index (χ2v) is 2.93. The van der Waals surface area contributed by atoms with E-state index in [9.17, 15) is 4.39 Å². The zero-order chi connectivity index (χ0) is 8.97. The number of aryl methyl sites for hydroxylation is 2. The van der Waals surface area contributed by atoms with Crippen LogP contribution in [0.2, 0.25) is 0 Å². The maximum absolute atomic E-state index is 11.8. The van der Waals surface area contributed by atoms with Crippen molar-refractivity contribution in [2.24, 2.45) is 0 Å². The van der Waals surface area contributed by atoms with Crippen molar-refractivity contribution in [3.63, 3.8) is 0 Å². The van der Waals surface area contributed by atoms with E-state index in [2.05, 4.69) is 11.4 Å². The monoisotopic (exact) mass is 167 g/mol. The Kier molecular flexibility index (Phi) is 3.09. The van der Waals surface area contributed by atoms with Crippen molar-refractivity contribution in [1.82, 2.24) is 0 Å². The van der Waals surface area contributed by atoms with Crippen molar-refractivity contribution in [3.05, 3.63) is 29.3 Å². The molecule has 0 aliphatic carbocycles. The lowest BCUT2D eigenvalue weighted by Gasteiger charge is -2.07. The summed E-state index contributed by atoms with van der Waals surface area (Å²) < 4.78 is 11.8. The minimum atomic E-state index is -0.326. The Morgan fingerprint density at radius 3 is 2.75 bits per heavy atom. The Morgan fingerprint density at radius 2 is 2.08 bits per heavy atom. The summed E-state index contributed by atoms with van der Waals surface area (Å²) in [6.07, 6.45) is 0. The van der Waals surface area contributed by atoms with E-state index in [0.29, 0.717) is 6.54 Å². The lowest BCUT2D eigenvalue weighted by Crippen LogP contribution is -2.04. The number of benzene rings is 1. The maximum Gasteiger partial charge on any atom is 0.107 e. The van der Waals surface area contributed by atoms with Crippen molar-refractivity contribution >= 4 is 5.69 Å². The average Bonchev–Trinajstić information content (AvgIpc) is 2.07. The van der Waals surface area contributed by atoms with Crippen LogP contribution in [0.3, 0.4) is 0 Å². The van der Waals surface area contributed by atoms with E-state index in [4.69, 9.17) is 0 Å². The summed E-state index contributed by atoms with van der Waals surface area (Å²) in [6, 6.07) is 6.12. The molecule has 1 N–H and O–H groups in total. The van der Waals surface area contributed by atoms with Gasteiger partial charge in [0, 0.05) is 12.2 Å². The molecule has 1 aromatic rings. The zero-order valence-corrected chi connectivity index (χ0v) is 7.52. The van der Waals surface area contributed by atoms with Gasteiger partial charge in [0.15, 0.2) is 0 Å². The molecule has 0 spiro atoms. The molecule has 0 unspecified atom stereocenters. The van der Waals surface area contributed by atoms with Gasteiger partial charge in [-0.05, 0) is 31.0 Å². The van der Waals surface area contributed by atoms with Crippen LogP contribution >= 0.6 is 0 Å². The number of anilines is 1. The van der Waals surface area contributed by atoms with Gasteiger partial charge < -0.3 is 5.32 Å². The fraction of sp³-hybridized carbons (Fsp3) is 0.400. The van der Waals surface area contributed by atoms with Crippen LogP contribution < -0.4 is 5.32 Å².